The van der Waals surface area contributed by atoms with Crippen LogP contribution < -0.4 is 10.7 Å². The van der Waals surface area contributed by atoms with Crippen LogP contribution in [0.3, 0.4) is 0 Å². The highest BCUT2D eigenvalue weighted by Crippen LogP contribution is 2.33. The normalized spacial score (nSPS) is 10.8. The van der Waals surface area contributed by atoms with Crippen molar-refractivity contribution >= 4 is 68.7 Å². The van der Waals surface area contributed by atoms with E-state index in [0.29, 0.717) is 15.7 Å². The molecule has 0 saturated heterocycles. The van der Waals surface area contributed by atoms with Crippen molar-refractivity contribution < 1.29 is 9.72 Å². The highest BCUT2D eigenvalue weighted by Gasteiger charge is 2.24. The predicted molar refractivity (Wildman–Crippen MR) is 106 cm³/mol. The second-order valence-corrected chi connectivity index (χ2v) is 6.83. The predicted octanol–water partition coefficient (Wildman–Crippen LogP) is 5.34. The lowest BCUT2D eigenvalue weighted by molar-refractivity contribution is -0.383. The molecule has 27 heavy (non-hydrogen) atoms. The first-order chi connectivity index (χ1) is 12.7. The molecule has 0 fully saturated rings. The van der Waals surface area contributed by atoms with E-state index in [0.717, 1.165) is 6.07 Å². The summed E-state index contributed by atoms with van der Waals surface area (Å²) in [5.41, 5.74) is -1.19. The Balaban J connectivity index is 2.36. The number of nitro benzene ring substituents is 1. The molecule has 0 spiro atoms. The third kappa shape index (κ3) is 3.49. The van der Waals surface area contributed by atoms with Gasteiger partial charge >= 0.3 is 0 Å². The van der Waals surface area contributed by atoms with Crippen LogP contribution in [0.5, 0.6) is 0 Å². The van der Waals surface area contributed by atoms with Gasteiger partial charge in [-0.25, -0.2) is 0 Å². The number of H-pyrrole nitrogens is 1. The Morgan fingerprint density at radius 1 is 1.15 bits per heavy atom. The van der Waals surface area contributed by atoms with E-state index in [2.05, 4.69) is 10.3 Å². The lowest BCUT2D eigenvalue weighted by atomic mass is 10.1. The zero-order valence-corrected chi connectivity index (χ0v) is 15.9. The number of hydrogen-bond donors (Lipinski definition) is 2. The SMILES string of the molecule is CC(=O)c1c(Nc2cc(Cl)ccc2Cl)[nH]c2c(Cl)ccc([N+](=O)[O-])c2c1=O. The minimum absolute atomic E-state index is 0.00608. The fourth-order valence-electron chi connectivity index (χ4n) is 2.65. The molecule has 0 aliphatic rings. The molecule has 3 aromatic rings. The van der Waals surface area contributed by atoms with E-state index in [9.17, 15) is 19.7 Å². The van der Waals surface area contributed by atoms with Gasteiger partial charge in [0, 0.05) is 11.1 Å². The molecule has 0 bridgehead atoms. The number of hydrogen-bond acceptors (Lipinski definition) is 5. The number of pyridine rings is 1. The lowest BCUT2D eigenvalue weighted by Gasteiger charge is -2.14. The van der Waals surface area contributed by atoms with Crippen LogP contribution in [0.2, 0.25) is 15.1 Å². The monoisotopic (exact) mass is 425 g/mol. The lowest BCUT2D eigenvalue weighted by Crippen LogP contribution is -2.19. The molecule has 0 saturated carbocycles. The minimum atomic E-state index is -0.814. The summed E-state index contributed by atoms with van der Waals surface area (Å²) >= 11 is 18.2. The number of carbonyl (C=O) groups is 1. The molecular formula is C17H10Cl3N3O4. The van der Waals surface area contributed by atoms with Crippen molar-refractivity contribution in [2.24, 2.45) is 0 Å². The molecular weight excluding hydrogens is 417 g/mol. The minimum Gasteiger partial charge on any atom is -0.340 e. The number of carbonyl (C=O) groups excluding carboxylic acids is 1. The van der Waals surface area contributed by atoms with Crippen molar-refractivity contribution in [1.29, 1.82) is 0 Å². The third-order valence-corrected chi connectivity index (χ3v) is 4.70. The summed E-state index contributed by atoms with van der Waals surface area (Å²) in [4.78, 5) is 38.4. The Hall–Kier alpha value is -2.61. The van der Waals surface area contributed by atoms with E-state index in [-0.39, 0.29) is 27.3 Å². The first-order valence-corrected chi connectivity index (χ1v) is 8.60. The maximum absolute atomic E-state index is 12.9. The Bertz CT molecular complexity index is 1170. The van der Waals surface area contributed by atoms with Crippen molar-refractivity contribution in [3.8, 4) is 0 Å². The number of benzene rings is 2. The maximum Gasteiger partial charge on any atom is 0.282 e. The quantitative estimate of drug-likeness (QED) is 0.333. The number of non-ortho nitro benzene ring substituents is 1. The number of halogens is 3. The van der Waals surface area contributed by atoms with Crippen molar-refractivity contribution in [2.75, 3.05) is 5.32 Å². The van der Waals surface area contributed by atoms with Crippen LogP contribution in [0, 0.1) is 10.1 Å². The van der Waals surface area contributed by atoms with E-state index in [1.54, 1.807) is 6.07 Å². The highest BCUT2D eigenvalue weighted by atomic mass is 35.5. The van der Waals surface area contributed by atoms with Gasteiger partial charge in [-0.15, -0.1) is 0 Å². The number of aromatic amines is 1. The first kappa shape index (κ1) is 19.2. The number of nitro groups is 1. The van der Waals surface area contributed by atoms with Gasteiger partial charge in [0.15, 0.2) is 5.78 Å². The first-order valence-electron chi connectivity index (χ1n) is 7.46. The van der Waals surface area contributed by atoms with Gasteiger partial charge in [0.2, 0.25) is 5.43 Å². The Kier molecular flexibility index (Phi) is 5.10. The molecule has 138 valence electrons. The van der Waals surface area contributed by atoms with Gasteiger partial charge in [-0.1, -0.05) is 34.8 Å². The fourth-order valence-corrected chi connectivity index (χ4v) is 3.20. The van der Waals surface area contributed by atoms with Gasteiger partial charge in [-0.05, 0) is 31.2 Å². The molecule has 3 rings (SSSR count). The van der Waals surface area contributed by atoms with Gasteiger partial charge < -0.3 is 10.3 Å². The Morgan fingerprint density at radius 3 is 2.44 bits per heavy atom. The number of fused-ring (bicyclic) bond motifs is 1. The van der Waals surface area contributed by atoms with Crippen LogP contribution in [-0.4, -0.2) is 15.7 Å². The van der Waals surface area contributed by atoms with Crippen molar-refractivity contribution in [3.05, 3.63) is 71.3 Å². The molecule has 0 amide bonds. The molecule has 0 atom stereocenters. The Labute approximate surface area is 167 Å². The van der Waals surface area contributed by atoms with Crippen molar-refractivity contribution in [2.45, 2.75) is 6.92 Å². The molecule has 0 radical (unpaired) electrons. The number of ketones is 1. The number of anilines is 2. The zero-order valence-electron chi connectivity index (χ0n) is 13.6. The van der Waals surface area contributed by atoms with Gasteiger partial charge in [-0.3, -0.25) is 19.7 Å². The van der Waals surface area contributed by atoms with Gasteiger partial charge in [0.25, 0.3) is 5.69 Å². The highest BCUT2D eigenvalue weighted by molar-refractivity contribution is 6.36. The average Bonchev–Trinajstić information content (AvgIpc) is 2.58. The van der Waals surface area contributed by atoms with Crippen LogP contribution in [-0.2, 0) is 0 Å². The van der Waals surface area contributed by atoms with E-state index in [1.807, 2.05) is 0 Å². The van der Waals surface area contributed by atoms with Crippen LogP contribution in [0.25, 0.3) is 10.9 Å². The standard InChI is InChI=1S/C17H10Cl3N3O4/c1-7(24)13-16(25)14-12(23(26)27)5-4-10(20)15(14)22-17(13)21-11-6-8(18)2-3-9(11)19/h2-6H,1H3,(H2,21,22,25). The number of rotatable bonds is 4. The molecule has 1 heterocycles. The second kappa shape index (κ2) is 7.19. The molecule has 0 aliphatic heterocycles. The number of nitrogens with zero attached hydrogens (tertiary/aromatic N) is 1. The number of nitrogens with one attached hydrogen (secondary N) is 2. The summed E-state index contributed by atoms with van der Waals surface area (Å²) in [7, 11) is 0. The van der Waals surface area contributed by atoms with Crippen LogP contribution >= 0.6 is 34.8 Å². The van der Waals surface area contributed by atoms with Crippen molar-refractivity contribution in [1.82, 2.24) is 4.98 Å². The molecule has 0 aliphatic carbocycles. The summed E-state index contributed by atoms with van der Waals surface area (Å²) in [6, 6.07) is 7.03. The third-order valence-electron chi connectivity index (χ3n) is 3.82. The number of Topliss-reactive ketones (excluding diaryl/α,β-unsaturated/α-hetero) is 1. The zero-order chi connectivity index (χ0) is 19.9. The average molecular weight is 427 g/mol. The summed E-state index contributed by atoms with van der Waals surface area (Å²) in [5.74, 6) is -0.584. The van der Waals surface area contributed by atoms with E-state index < -0.39 is 21.8 Å². The van der Waals surface area contributed by atoms with Gasteiger partial charge in [-0.2, -0.15) is 0 Å². The van der Waals surface area contributed by atoms with Crippen LogP contribution in [0.15, 0.2) is 35.1 Å². The van der Waals surface area contributed by atoms with E-state index >= 15 is 0 Å². The molecule has 0 unspecified atom stereocenters. The van der Waals surface area contributed by atoms with Crippen LogP contribution in [0.1, 0.15) is 17.3 Å². The van der Waals surface area contributed by atoms with E-state index in [4.69, 9.17) is 34.8 Å². The molecule has 10 heteroatoms. The summed E-state index contributed by atoms with van der Waals surface area (Å²) in [6.07, 6.45) is 0. The van der Waals surface area contributed by atoms with Gasteiger partial charge in [0.05, 0.1) is 26.2 Å². The topological polar surface area (TPSA) is 105 Å². The summed E-state index contributed by atoms with van der Waals surface area (Å²) < 4.78 is 0. The Morgan fingerprint density at radius 2 is 1.81 bits per heavy atom. The fraction of sp³-hybridized carbons (Fsp3) is 0.0588. The largest absolute Gasteiger partial charge is 0.340 e. The van der Waals surface area contributed by atoms with Crippen molar-refractivity contribution in [3.63, 3.8) is 0 Å². The molecule has 2 aromatic carbocycles. The maximum atomic E-state index is 12.9. The smallest absolute Gasteiger partial charge is 0.282 e. The molecule has 2 N–H and O–H groups in total. The molecule has 1 aromatic heterocycles. The second-order valence-electron chi connectivity index (χ2n) is 5.58. The van der Waals surface area contributed by atoms with E-state index in [1.165, 1.54) is 25.1 Å². The molecule has 7 nitrogen and oxygen atoms in total. The van der Waals surface area contributed by atoms with Crippen LogP contribution in [0.4, 0.5) is 17.2 Å². The number of aromatic nitrogens is 1. The van der Waals surface area contributed by atoms with Gasteiger partial charge in [0.1, 0.15) is 16.8 Å². The summed E-state index contributed by atoms with van der Waals surface area (Å²) in [6.45, 7) is 1.18. The summed E-state index contributed by atoms with van der Waals surface area (Å²) in [5, 5.41) is 14.6.